The van der Waals surface area contributed by atoms with Crippen molar-refractivity contribution in [3.05, 3.63) is 22.2 Å². The maximum atomic E-state index is 4.54. The van der Waals surface area contributed by atoms with Gasteiger partial charge in [0.25, 0.3) is 0 Å². The van der Waals surface area contributed by atoms with Gasteiger partial charge in [0.2, 0.25) is 0 Å². The van der Waals surface area contributed by atoms with Crippen LogP contribution in [0, 0.1) is 5.92 Å². The molecule has 0 fully saturated rings. The van der Waals surface area contributed by atoms with Gasteiger partial charge in [0.1, 0.15) is 0 Å². The molecule has 0 aliphatic carbocycles. The van der Waals surface area contributed by atoms with Gasteiger partial charge in [0.15, 0.2) is 5.13 Å². The monoisotopic (exact) mass is 238 g/mol. The van der Waals surface area contributed by atoms with Crippen LogP contribution < -0.4 is 5.32 Å². The van der Waals surface area contributed by atoms with Crippen molar-refractivity contribution in [2.24, 2.45) is 5.92 Å². The van der Waals surface area contributed by atoms with Crippen LogP contribution in [0.3, 0.4) is 0 Å². The van der Waals surface area contributed by atoms with Crippen molar-refractivity contribution >= 4 is 27.8 Å². The zero-order chi connectivity index (χ0) is 10.7. The fourth-order valence-electron chi connectivity index (χ4n) is 1.19. The van der Waals surface area contributed by atoms with E-state index in [0.29, 0.717) is 5.92 Å². The predicted octanol–water partition coefficient (Wildman–Crippen LogP) is 3.94. The summed E-state index contributed by atoms with van der Waals surface area (Å²) in [6.45, 7) is 5.37. The normalized spacial score (nSPS) is 10.9. The van der Waals surface area contributed by atoms with Crippen LogP contribution in [0.4, 0.5) is 5.13 Å². The second kappa shape index (κ2) is 4.77. The summed E-state index contributed by atoms with van der Waals surface area (Å²) in [6, 6.07) is 2.10. The minimum atomic E-state index is 0.651. The third-order valence-electron chi connectivity index (χ3n) is 1.98. The van der Waals surface area contributed by atoms with Gasteiger partial charge < -0.3 is 5.32 Å². The van der Waals surface area contributed by atoms with E-state index in [4.69, 9.17) is 0 Å². The molecule has 15 heavy (non-hydrogen) atoms. The molecule has 80 valence electrons. The van der Waals surface area contributed by atoms with Crippen LogP contribution in [-0.4, -0.2) is 11.5 Å². The lowest BCUT2D eigenvalue weighted by Crippen LogP contribution is -2.07. The lowest BCUT2D eigenvalue weighted by atomic mass is 10.2. The Bertz CT molecular complexity index is 404. The Hall–Kier alpha value is -0.870. The van der Waals surface area contributed by atoms with Crippen LogP contribution in [0.15, 0.2) is 22.2 Å². The number of nitrogens with one attached hydrogen (secondary N) is 1. The first-order chi connectivity index (χ1) is 7.25. The first kappa shape index (κ1) is 10.6. The molecule has 0 saturated carbocycles. The number of nitrogens with zero attached hydrogens (tertiary/aromatic N) is 1. The topological polar surface area (TPSA) is 24.9 Å². The van der Waals surface area contributed by atoms with Gasteiger partial charge in [0, 0.05) is 22.9 Å². The fraction of sp³-hybridized carbons (Fsp3) is 0.364. The minimum absolute atomic E-state index is 0.651. The van der Waals surface area contributed by atoms with Gasteiger partial charge in [-0.15, -0.1) is 11.3 Å². The number of thiazole rings is 1. The predicted molar refractivity (Wildman–Crippen MR) is 68.8 cm³/mol. The zero-order valence-corrected chi connectivity index (χ0v) is 10.5. The Labute approximate surface area is 98.0 Å². The van der Waals surface area contributed by atoms with Gasteiger partial charge in [-0.3, -0.25) is 0 Å². The van der Waals surface area contributed by atoms with E-state index < -0.39 is 0 Å². The lowest BCUT2D eigenvalue weighted by molar-refractivity contribution is 0.688. The third-order valence-corrected chi connectivity index (χ3v) is 3.47. The van der Waals surface area contributed by atoms with Gasteiger partial charge in [0.05, 0.1) is 5.69 Å². The van der Waals surface area contributed by atoms with E-state index in [1.165, 1.54) is 5.56 Å². The van der Waals surface area contributed by atoms with Gasteiger partial charge in [-0.1, -0.05) is 13.8 Å². The molecule has 2 aromatic heterocycles. The van der Waals surface area contributed by atoms with E-state index in [1.54, 1.807) is 22.7 Å². The zero-order valence-electron chi connectivity index (χ0n) is 8.86. The van der Waals surface area contributed by atoms with Crippen LogP contribution >= 0.6 is 22.7 Å². The molecule has 2 heterocycles. The molecule has 4 heteroatoms. The molecule has 0 aliphatic heterocycles. The molecule has 0 aromatic carbocycles. The summed E-state index contributed by atoms with van der Waals surface area (Å²) in [5, 5.41) is 10.7. The van der Waals surface area contributed by atoms with Crippen molar-refractivity contribution in [3.63, 3.8) is 0 Å². The van der Waals surface area contributed by atoms with Crippen molar-refractivity contribution in [2.75, 3.05) is 11.9 Å². The smallest absolute Gasteiger partial charge is 0.183 e. The van der Waals surface area contributed by atoms with Crippen LogP contribution in [0.1, 0.15) is 13.8 Å². The highest BCUT2D eigenvalue weighted by Gasteiger charge is 2.04. The highest BCUT2D eigenvalue weighted by molar-refractivity contribution is 7.14. The number of anilines is 1. The summed E-state index contributed by atoms with van der Waals surface area (Å²) < 4.78 is 0. The summed E-state index contributed by atoms with van der Waals surface area (Å²) in [5.74, 6) is 0.651. The summed E-state index contributed by atoms with van der Waals surface area (Å²) in [6.07, 6.45) is 0. The van der Waals surface area contributed by atoms with Crippen molar-refractivity contribution < 1.29 is 0 Å². The van der Waals surface area contributed by atoms with Gasteiger partial charge in [-0.05, 0) is 17.4 Å². The average molecular weight is 238 g/mol. The molecule has 0 atom stereocenters. The van der Waals surface area contributed by atoms with E-state index in [-0.39, 0.29) is 0 Å². The Morgan fingerprint density at radius 2 is 2.27 bits per heavy atom. The molecule has 0 amide bonds. The van der Waals surface area contributed by atoms with E-state index in [1.807, 2.05) is 0 Å². The summed E-state index contributed by atoms with van der Waals surface area (Å²) in [5.41, 5.74) is 2.29. The minimum Gasteiger partial charge on any atom is -0.361 e. The molecule has 0 bridgehead atoms. The van der Waals surface area contributed by atoms with Crippen LogP contribution in [0.25, 0.3) is 11.3 Å². The first-order valence-corrected chi connectivity index (χ1v) is 6.80. The number of rotatable bonds is 4. The van der Waals surface area contributed by atoms with E-state index in [2.05, 4.69) is 46.4 Å². The maximum absolute atomic E-state index is 4.54. The second-order valence-corrected chi connectivity index (χ2v) is 5.46. The fourth-order valence-corrected chi connectivity index (χ4v) is 2.57. The molecule has 0 saturated heterocycles. The SMILES string of the molecule is CC(C)CNc1nc(-c2ccsc2)cs1. The molecular weight excluding hydrogens is 224 g/mol. The van der Waals surface area contributed by atoms with E-state index in [0.717, 1.165) is 17.4 Å². The van der Waals surface area contributed by atoms with Crippen molar-refractivity contribution in [1.82, 2.24) is 4.98 Å². The van der Waals surface area contributed by atoms with Crippen LogP contribution in [0.2, 0.25) is 0 Å². The van der Waals surface area contributed by atoms with Crippen LogP contribution in [0.5, 0.6) is 0 Å². The van der Waals surface area contributed by atoms with Crippen molar-refractivity contribution in [2.45, 2.75) is 13.8 Å². The number of thiophene rings is 1. The van der Waals surface area contributed by atoms with Crippen molar-refractivity contribution in [3.8, 4) is 11.3 Å². The highest BCUT2D eigenvalue weighted by Crippen LogP contribution is 2.26. The molecule has 0 aliphatic rings. The van der Waals surface area contributed by atoms with Gasteiger partial charge in [-0.25, -0.2) is 4.98 Å². The Morgan fingerprint density at radius 3 is 2.93 bits per heavy atom. The molecule has 0 radical (unpaired) electrons. The molecule has 1 N–H and O–H groups in total. The average Bonchev–Trinajstić information content (AvgIpc) is 2.85. The summed E-state index contributed by atoms with van der Waals surface area (Å²) in [4.78, 5) is 4.54. The van der Waals surface area contributed by atoms with Gasteiger partial charge >= 0.3 is 0 Å². The Balaban J connectivity index is 2.04. The lowest BCUT2D eigenvalue weighted by Gasteiger charge is -2.04. The second-order valence-electron chi connectivity index (χ2n) is 3.82. The number of hydrogen-bond donors (Lipinski definition) is 1. The van der Waals surface area contributed by atoms with Crippen LogP contribution in [-0.2, 0) is 0 Å². The third kappa shape index (κ3) is 2.79. The highest BCUT2D eigenvalue weighted by atomic mass is 32.1. The molecule has 2 aromatic rings. The Kier molecular flexibility index (Phi) is 3.38. The maximum Gasteiger partial charge on any atom is 0.183 e. The molecule has 0 unspecified atom stereocenters. The summed E-state index contributed by atoms with van der Waals surface area (Å²) in [7, 11) is 0. The van der Waals surface area contributed by atoms with Gasteiger partial charge in [-0.2, -0.15) is 11.3 Å². The molecule has 2 rings (SSSR count). The number of hydrogen-bond acceptors (Lipinski definition) is 4. The van der Waals surface area contributed by atoms with E-state index >= 15 is 0 Å². The Morgan fingerprint density at radius 1 is 1.40 bits per heavy atom. The quantitative estimate of drug-likeness (QED) is 0.872. The summed E-state index contributed by atoms with van der Waals surface area (Å²) >= 11 is 3.38. The first-order valence-electron chi connectivity index (χ1n) is 4.97. The molecular formula is C11H14N2S2. The number of aromatic nitrogens is 1. The molecule has 0 spiro atoms. The standard InChI is InChI=1S/C11H14N2S2/c1-8(2)5-12-11-13-10(7-15-11)9-3-4-14-6-9/h3-4,6-8H,5H2,1-2H3,(H,12,13). The molecule has 2 nitrogen and oxygen atoms in total. The van der Waals surface area contributed by atoms with Crippen molar-refractivity contribution in [1.29, 1.82) is 0 Å². The largest absolute Gasteiger partial charge is 0.361 e. The van der Waals surface area contributed by atoms with E-state index in [9.17, 15) is 0 Å².